The molecule has 0 aromatic heterocycles. The van der Waals surface area contributed by atoms with Crippen LogP contribution in [0.4, 0.5) is 4.79 Å². The number of rotatable bonds is 7. The fourth-order valence-corrected chi connectivity index (χ4v) is 3.40. The van der Waals surface area contributed by atoms with Gasteiger partial charge >= 0.3 is 6.09 Å². The molecule has 166 valence electrons. The summed E-state index contributed by atoms with van der Waals surface area (Å²) in [6.45, 7) is 8.87. The van der Waals surface area contributed by atoms with Crippen molar-refractivity contribution in [1.82, 2.24) is 16.0 Å². The third kappa shape index (κ3) is 11.3. The van der Waals surface area contributed by atoms with Crippen molar-refractivity contribution in [3.05, 3.63) is 29.3 Å². The smallest absolute Gasteiger partial charge is 0.407 e. The van der Waals surface area contributed by atoms with E-state index in [1.54, 1.807) is 26.1 Å². The van der Waals surface area contributed by atoms with Crippen LogP contribution in [-0.4, -0.2) is 52.5 Å². The lowest BCUT2D eigenvalue weighted by atomic mass is 10.1. The first-order valence-electron chi connectivity index (χ1n) is 9.13. The molecule has 0 aliphatic heterocycles. The molecule has 29 heavy (non-hydrogen) atoms. The predicted octanol–water partition coefficient (Wildman–Crippen LogP) is 2.60. The summed E-state index contributed by atoms with van der Waals surface area (Å²) in [5.74, 6) is 0.627. The Hall–Kier alpha value is -1.56. The molecule has 10 heteroatoms. The Kier molecular flexibility index (Phi) is 11.6. The van der Waals surface area contributed by atoms with E-state index in [4.69, 9.17) is 4.74 Å². The number of hydrogen-bond donors (Lipinski definition) is 3. The van der Waals surface area contributed by atoms with Crippen molar-refractivity contribution in [3.63, 3.8) is 0 Å². The van der Waals surface area contributed by atoms with Gasteiger partial charge in [0.25, 0.3) is 0 Å². The lowest BCUT2D eigenvalue weighted by molar-refractivity contribution is 0.0527. The van der Waals surface area contributed by atoms with Crippen LogP contribution in [0.3, 0.4) is 0 Å². The number of ether oxygens (including phenoxy) is 1. The van der Waals surface area contributed by atoms with Crippen molar-refractivity contribution in [2.75, 3.05) is 26.4 Å². The van der Waals surface area contributed by atoms with E-state index in [1.807, 2.05) is 26.8 Å². The van der Waals surface area contributed by atoms with Crippen molar-refractivity contribution in [1.29, 1.82) is 0 Å². The van der Waals surface area contributed by atoms with E-state index in [0.717, 1.165) is 11.1 Å². The lowest BCUT2D eigenvalue weighted by Gasteiger charge is -2.19. The normalized spacial score (nSPS) is 12.0. The van der Waals surface area contributed by atoms with E-state index in [2.05, 4.69) is 20.9 Å². The second-order valence-corrected chi connectivity index (χ2v) is 9.49. The Balaban J connectivity index is 0.00000784. The van der Waals surface area contributed by atoms with Gasteiger partial charge in [-0.3, -0.25) is 4.99 Å². The van der Waals surface area contributed by atoms with Crippen molar-refractivity contribution in [2.24, 2.45) is 4.99 Å². The van der Waals surface area contributed by atoms with Crippen molar-refractivity contribution < 1.29 is 17.9 Å². The number of guanidine groups is 1. The highest BCUT2D eigenvalue weighted by Crippen LogP contribution is 2.16. The number of benzene rings is 1. The number of nitrogens with one attached hydrogen (secondary N) is 3. The first-order chi connectivity index (χ1) is 12.9. The van der Waals surface area contributed by atoms with Crippen LogP contribution in [0.2, 0.25) is 0 Å². The summed E-state index contributed by atoms with van der Waals surface area (Å²) in [5.41, 5.74) is 1.17. The number of halogens is 1. The van der Waals surface area contributed by atoms with Crippen molar-refractivity contribution >= 4 is 45.9 Å². The maximum Gasteiger partial charge on any atom is 0.407 e. The van der Waals surface area contributed by atoms with Gasteiger partial charge in [0, 0.05) is 32.9 Å². The number of nitrogens with zero attached hydrogens (tertiary/aromatic N) is 1. The van der Waals surface area contributed by atoms with Gasteiger partial charge in [-0.05, 0) is 51.3 Å². The summed E-state index contributed by atoms with van der Waals surface area (Å²) in [7, 11) is -1.54. The molecule has 3 N–H and O–H groups in total. The molecule has 0 radical (unpaired) electrons. The van der Waals surface area contributed by atoms with Gasteiger partial charge in [-0.25, -0.2) is 13.2 Å². The van der Waals surface area contributed by atoms with Gasteiger partial charge in [-0.1, -0.05) is 12.1 Å². The van der Waals surface area contributed by atoms with Gasteiger partial charge in [0.05, 0.1) is 4.90 Å². The van der Waals surface area contributed by atoms with Gasteiger partial charge in [-0.15, -0.1) is 24.0 Å². The highest BCUT2D eigenvalue weighted by molar-refractivity contribution is 14.0. The molecule has 0 saturated heterocycles. The quantitative estimate of drug-likeness (QED) is 0.212. The number of amides is 1. The molecule has 0 aliphatic carbocycles. The van der Waals surface area contributed by atoms with Crippen LogP contribution < -0.4 is 16.0 Å². The average molecular weight is 540 g/mol. The molecule has 0 atom stereocenters. The molecule has 1 aromatic carbocycles. The van der Waals surface area contributed by atoms with Gasteiger partial charge in [-0.2, -0.15) is 0 Å². The van der Waals surface area contributed by atoms with Crippen LogP contribution in [0.25, 0.3) is 0 Å². The summed E-state index contributed by atoms with van der Waals surface area (Å²) < 4.78 is 28.5. The maximum absolute atomic E-state index is 11.7. The fourth-order valence-electron chi connectivity index (χ4n) is 2.44. The highest BCUT2D eigenvalue weighted by atomic mass is 127. The SMILES string of the molecule is CN=C(NCCCNC(=O)OC(C)(C)C)NCc1ccc(S(C)(=O)=O)c(C)c1.I. The van der Waals surface area contributed by atoms with Crippen LogP contribution in [0.1, 0.15) is 38.3 Å². The third-order valence-corrected chi connectivity index (χ3v) is 4.89. The van der Waals surface area contributed by atoms with Crippen LogP contribution in [0, 0.1) is 6.92 Å². The Morgan fingerprint density at radius 3 is 2.28 bits per heavy atom. The topological polar surface area (TPSA) is 109 Å². The second kappa shape index (κ2) is 12.2. The van der Waals surface area contributed by atoms with Gasteiger partial charge < -0.3 is 20.7 Å². The van der Waals surface area contributed by atoms with Crippen LogP contribution in [0.15, 0.2) is 28.1 Å². The van der Waals surface area contributed by atoms with Crippen LogP contribution in [-0.2, 0) is 21.1 Å². The van der Waals surface area contributed by atoms with E-state index >= 15 is 0 Å². The van der Waals surface area contributed by atoms with Crippen molar-refractivity contribution in [3.8, 4) is 0 Å². The zero-order valence-electron chi connectivity index (χ0n) is 18.0. The monoisotopic (exact) mass is 540 g/mol. The van der Waals surface area contributed by atoms with E-state index in [0.29, 0.717) is 36.9 Å². The number of hydrogen-bond acceptors (Lipinski definition) is 5. The summed E-state index contributed by atoms with van der Waals surface area (Å²) >= 11 is 0. The maximum atomic E-state index is 11.7. The minimum atomic E-state index is -3.22. The molecule has 0 spiro atoms. The summed E-state index contributed by atoms with van der Waals surface area (Å²) in [6, 6.07) is 5.26. The molecule has 0 heterocycles. The molecule has 0 aliphatic rings. The summed E-state index contributed by atoms with van der Waals surface area (Å²) in [5, 5.41) is 9.04. The third-order valence-electron chi connectivity index (χ3n) is 3.64. The van der Waals surface area contributed by atoms with E-state index in [-0.39, 0.29) is 24.0 Å². The number of sulfone groups is 1. The number of alkyl carbamates (subject to hydrolysis) is 1. The summed E-state index contributed by atoms with van der Waals surface area (Å²) in [4.78, 5) is 16.1. The predicted molar refractivity (Wildman–Crippen MR) is 127 cm³/mol. The van der Waals surface area contributed by atoms with E-state index < -0.39 is 21.5 Å². The zero-order valence-corrected chi connectivity index (χ0v) is 21.1. The Bertz CT molecular complexity index is 805. The minimum Gasteiger partial charge on any atom is -0.444 e. The number of aliphatic imine (C=N–C) groups is 1. The first kappa shape index (κ1) is 27.4. The lowest BCUT2D eigenvalue weighted by Crippen LogP contribution is -2.39. The van der Waals surface area contributed by atoms with Crippen molar-refractivity contribution in [2.45, 2.75) is 51.2 Å². The number of aryl methyl sites for hydroxylation is 1. The fraction of sp³-hybridized carbons (Fsp3) is 0.579. The van der Waals surface area contributed by atoms with Gasteiger partial charge in [0.2, 0.25) is 0 Å². The molecule has 0 unspecified atom stereocenters. The summed E-state index contributed by atoms with van der Waals surface area (Å²) in [6.07, 6.45) is 1.49. The van der Waals surface area contributed by atoms with E-state index in [1.165, 1.54) is 6.26 Å². The molecule has 8 nitrogen and oxygen atoms in total. The Morgan fingerprint density at radius 2 is 1.76 bits per heavy atom. The Labute approximate surface area is 191 Å². The Morgan fingerprint density at radius 1 is 1.14 bits per heavy atom. The highest BCUT2D eigenvalue weighted by Gasteiger charge is 2.15. The van der Waals surface area contributed by atoms with E-state index in [9.17, 15) is 13.2 Å². The molecular weight excluding hydrogens is 507 g/mol. The van der Waals surface area contributed by atoms with Gasteiger partial charge in [0.15, 0.2) is 15.8 Å². The average Bonchev–Trinajstić information content (AvgIpc) is 2.54. The molecule has 1 aromatic rings. The molecule has 0 bridgehead atoms. The molecule has 0 fully saturated rings. The minimum absolute atomic E-state index is 0. The molecule has 0 saturated carbocycles. The largest absolute Gasteiger partial charge is 0.444 e. The zero-order chi connectivity index (χ0) is 21.4. The second-order valence-electron chi connectivity index (χ2n) is 7.51. The number of carbonyl (C=O) groups excluding carboxylic acids is 1. The molecular formula is C19H33IN4O4S. The first-order valence-corrected chi connectivity index (χ1v) is 11.0. The number of carbonyl (C=O) groups is 1. The van der Waals surface area contributed by atoms with Crippen LogP contribution >= 0.6 is 24.0 Å². The molecule has 1 amide bonds. The van der Waals surface area contributed by atoms with Crippen LogP contribution in [0.5, 0.6) is 0 Å². The molecule has 1 rings (SSSR count). The standard InChI is InChI=1S/C19H32N4O4S.HI/c1-14-12-15(8-9-16(14)28(6,25)26)13-23-17(20-5)21-10-7-11-22-18(24)27-19(2,3)4;/h8-9,12H,7,10-11,13H2,1-6H3,(H,22,24)(H2,20,21,23);1H. The van der Waals surface area contributed by atoms with Gasteiger partial charge in [0.1, 0.15) is 5.60 Å².